The van der Waals surface area contributed by atoms with Gasteiger partial charge in [-0.3, -0.25) is 15.1 Å². The molecule has 0 amide bonds. The van der Waals surface area contributed by atoms with E-state index in [1.54, 1.807) is 29.9 Å². The zero-order valence-electron chi connectivity index (χ0n) is 21.2. The molecule has 0 fully saturated rings. The maximum Gasteiger partial charge on any atom is 0.321 e. The van der Waals surface area contributed by atoms with Gasteiger partial charge in [-0.2, -0.15) is 0 Å². The van der Waals surface area contributed by atoms with Crippen LogP contribution in [0.1, 0.15) is 29.3 Å². The number of rotatable bonds is 11. The first-order valence-electron chi connectivity index (χ1n) is 12.0. The minimum Gasteiger partial charge on any atom is -0.480 e. The first kappa shape index (κ1) is 26.1. The number of carboxylic acids is 1. The summed E-state index contributed by atoms with van der Waals surface area (Å²) in [6.45, 7) is 8.33. The molecule has 8 heteroatoms. The fourth-order valence-corrected chi connectivity index (χ4v) is 5.03. The van der Waals surface area contributed by atoms with Crippen molar-refractivity contribution in [1.82, 2.24) is 19.9 Å². The lowest BCUT2D eigenvalue weighted by atomic mass is 9.99. The third kappa shape index (κ3) is 6.41. The number of aryl methyl sites for hydroxylation is 1. The average molecular weight is 514 g/mol. The Morgan fingerprint density at radius 3 is 2.84 bits per heavy atom. The number of anilines is 2. The molecule has 0 aliphatic rings. The van der Waals surface area contributed by atoms with Gasteiger partial charge in [-0.1, -0.05) is 43.0 Å². The Morgan fingerprint density at radius 2 is 2.11 bits per heavy atom. The van der Waals surface area contributed by atoms with Crippen molar-refractivity contribution in [1.29, 1.82) is 0 Å². The van der Waals surface area contributed by atoms with Gasteiger partial charge in [-0.05, 0) is 48.2 Å². The van der Waals surface area contributed by atoms with Gasteiger partial charge < -0.3 is 15.0 Å². The van der Waals surface area contributed by atoms with Crippen molar-refractivity contribution in [2.24, 2.45) is 7.05 Å². The molecule has 0 radical (unpaired) electrons. The SMILES string of the molecule is C=C/C=C\C=C(/C)c1cccc(Nc2csc3cc(CNC(Cc4cn(C)cn4)C(=O)O)cnc23)c1C. The molecule has 3 aromatic heterocycles. The standard InChI is InChI=1S/C29H31N5O2S/c1-5-6-7-9-19(2)23-10-8-11-24(20(23)3)33-26-17-37-27-12-21(15-31-28(26)27)14-30-25(29(35)36)13-22-16-34(4)18-32-22/h5-12,15-18,25,30,33H,1,13-14H2,2-4H3,(H,35,36)/b7-6-,19-9+. The minimum absolute atomic E-state index is 0.316. The second-order valence-electron chi connectivity index (χ2n) is 8.92. The summed E-state index contributed by atoms with van der Waals surface area (Å²) in [5.41, 5.74) is 8.06. The van der Waals surface area contributed by atoms with Crippen molar-refractivity contribution in [3.63, 3.8) is 0 Å². The van der Waals surface area contributed by atoms with Crippen LogP contribution in [-0.2, 0) is 24.8 Å². The zero-order valence-corrected chi connectivity index (χ0v) is 22.0. The van der Waals surface area contributed by atoms with Gasteiger partial charge >= 0.3 is 5.97 Å². The summed E-state index contributed by atoms with van der Waals surface area (Å²) in [5, 5.41) is 18.4. The van der Waals surface area contributed by atoms with E-state index in [4.69, 9.17) is 4.98 Å². The Morgan fingerprint density at radius 1 is 1.27 bits per heavy atom. The van der Waals surface area contributed by atoms with Crippen LogP contribution in [0.4, 0.5) is 11.4 Å². The van der Waals surface area contributed by atoms with Crippen molar-refractivity contribution >= 4 is 44.5 Å². The average Bonchev–Trinajstić information content (AvgIpc) is 3.48. The Labute approximate surface area is 220 Å². The number of pyridine rings is 1. The molecule has 1 unspecified atom stereocenters. The van der Waals surface area contributed by atoms with Gasteiger partial charge in [0.25, 0.3) is 0 Å². The summed E-state index contributed by atoms with van der Waals surface area (Å²) in [4.78, 5) is 20.7. The van der Waals surface area contributed by atoms with Gasteiger partial charge in [0, 0.05) is 43.5 Å². The number of thiophene rings is 1. The normalized spacial score (nSPS) is 12.8. The fourth-order valence-electron chi connectivity index (χ4n) is 4.12. The number of nitrogens with zero attached hydrogens (tertiary/aromatic N) is 3. The predicted molar refractivity (Wildman–Crippen MR) is 152 cm³/mol. The number of benzene rings is 1. The van der Waals surface area contributed by atoms with Crippen LogP contribution in [0, 0.1) is 6.92 Å². The van der Waals surface area contributed by atoms with Crippen LogP contribution in [0.2, 0.25) is 0 Å². The largest absolute Gasteiger partial charge is 0.480 e. The van der Waals surface area contributed by atoms with E-state index in [0.717, 1.165) is 38.4 Å². The topological polar surface area (TPSA) is 92.1 Å². The van der Waals surface area contributed by atoms with Crippen molar-refractivity contribution < 1.29 is 9.90 Å². The number of imidazole rings is 1. The van der Waals surface area contributed by atoms with E-state index in [1.165, 1.54) is 11.1 Å². The number of carboxylic acid groups (broad SMARTS) is 1. The predicted octanol–water partition coefficient (Wildman–Crippen LogP) is 6.01. The molecule has 0 spiro atoms. The molecule has 4 aromatic rings. The van der Waals surface area contributed by atoms with E-state index in [-0.39, 0.29) is 0 Å². The van der Waals surface area contributed by atoms with Gasteiger partial charge in [0.05, 0.1) is 22.4 Å². The Hall–Kier alpha value is -4.01. The van der Waals surface area contributed by atoms with Crippen molar-refractivity contribution in [3.05, 3.63) is 102 Å². The first-order valence-corrected chi connectivity index (χ1v) is 12.9. The highest BCUT2D eigenvalue weighted by molar-refractivity contribution is 7.17. The fraction of sp³-hybridized carbons (Fsp3) is 0.207. The molecule has 190 valence electrons. The molecule has 0 bridgehead atoms. The smallest absolute Gasteiger partial charge is 0.321 e. The number of allylic oxidation sites excluding steroid dienone is 5. The van der Waals surface area contributed by atoms with Crippen LogP contribution in [0.15, 0.2) is 79.2 Å². The van der Waals surface area contributed by atoms with Gasteiger partial charge in [0.1, 0.15) is 11.6 Å². The molecule has 0 aliphatic heterocycles. The van der Waals surface area contributed by atoms with E-state index in [0.29, 0.717) is 13.0 Å². The maximum atomic E-state index is 11.8. The second kappa shape index (κ2) is 11.8. The molecule has 0 saturated heterocycles. The van der Waals surface area contributed by atoms with E-state index in [9.17, 15) is 9.90 Å². The molecule has 4 rings (SSSR count). The molecule has 0 saturated carbocycles. The quantitative estimate of drug-likeness (QED) is 0.213. The highest BCUT2D eigenvalue weighted by Gasteiger charge is 2.19. The monoisotopic (exact) mass is 513 g/mol. The molecule has 1 aromatic carbocycles. The Kier molecular flexibility index (Phi) is 8.32. The van der Waals surface area contributed by atoms with Crippen LogP contribution in [0.3, 0.4) is 0 Å². The summed E-state index contributed by atoms with van der Waals surface area (Å²) < 4.78 is 2.85. The number of nitrogens with one attached hydrogen (secondary N) is 2. The van der Waals surface area contributed by atoms with Gasteiger partial charge in [0.15, 0.2) is 0 Å². The number of aromatic nitrogens is 3. The van der Waals surface area contributed by atoms with E-state index < -0.39 is 12.0 Å². The lowest BCUT2D eigenvalue weighted by Gasteiger charge is -2.14. The lowest BCUT2D eigenvalue weighted by Crippen LogP contribution is -2.38. The van der Waals surface area contributed by atoms with Crippen LogP contribution in [0.25, 0.3) is 15.8 Å². The number of fused-ring (bicyclic) bond motifs is 1. The van der Waals surface area contributed by atoms with Crippen LogP contribution >= 0.6 is 11.3 Å². The minimum atomic E-state index is -0.901. The van der Waals surface area contributed by atoms with Crippen LogP contribution in [-0.4, -0.2) is 31.7 Å². The molecule has 1 atom stereocenters. The summed E-state index contributed by atoms with van der Waals surface area (Å²) in [6, 6.07) is 7.57. The Bertz CT molecular complexity index is 1480. The molecule has 3 heterocycles. The molecular weight excluding hydrogens is 482 g/mol. The zero-order chi connectivity index (χ0) is 26.4. The molecule has 37 heavy (non-hydrogen) atoms. The van der Waals surface area contributed by atoms with Crippen molar-refractivity contribution in [3.8, 4) is 0 Å². The highest BCUT2D eigenvalue weighted by atomic mass is 32.1. The van der Waals surface area contributed by atoms with Crippen LogP contribution < -0.4 is 10.6 Å². The Balaban J connectivity index is 1.48. The molecule has 0 aliphatic carbocycles. The van der Waals surface area contributed by atoms with Crippen molar-refractivity contribution in [2.75, 3.05) is 5.32 Å². The van der Waals surface area contributed by atoms with E-state index in [2.05, 4.69) is 71.8 Å². The van der Waals surface area contributed by atoms with E-state index >= 15 is 0 Å². The molecule has 7 nitrogen and oxygen atoms in total. The third-order valence-electron chi connectivity index (χ3n) is 6.11. The first-order chi connectivity index (χ1) is 17.9. The van der Waals surface area contributed by atoms with Crippen LogP contribution in [0.5, 0.6) is 0 Å². The maximum absolute atomic E-state index is 11.8. The summed E-state index contributed by atoms with van der Waals surface area (Å²) in [7, 11) is 1.87. The van der Waals surface area contributed by atoms with Gasteiger partial charge in [-0.15, -0.1) is 11.3 Å². The van der Waals surface area contributed by atoms with E-state index in [1.807, 2.05) is 30.0 Å². The van der Waals surface area contributed by atoms with Gasteiger partial charge in [0.2, 0.25) is 0 Å². The second-order valence-corrected chi connectivity index (χ2v) is 9.83. The molecule has 3 N–H and O–H groups in total. The lowest BCUT2D eigenvalue weighted by molar-refractivity contribution is -0.139. The number of carbonyl (C=O) groups is 1. The number of hydrogen-bond donors (Lipinski definition) is 3. The highest BCUT2D eigenvalue weighted by Crippen LogP contribution is 2.34. The summed E-state index contributed by atoms with van der Waals surface area (Å²) in [6.07, 6.45) is 13.4. The molecular formula is C29H31N5O2S. The van der Waals surface area contributed by atoms with Crippen molar-refractivity contribution in [2.45, 2.75) is 32.9 Å². The third-order valence-corrected chi connectivity index (χ3v) is 7.03. The van der Waals surface area contributed by atoms with Gasteiger partial charge in [-0.25, -0.2) is 4.98 Å². The summed E-state index contributed by atoms with van der Waals surface area (Å²) >= 11 is 1.61. The number of hydrogen-bond acceptors (Lipinski definition) is 6. The summed E-state index contributed by atoms with van der Waals surface area (Å²) in [5.74, 6) is -0.901. The number of aliphatic carboxylic acids is 1.